The molecule has 0 atom stereocenters. The van der Waals surface area contributed by atoms with Gasteiger partial charge in [-0.1, -0.05) is 11.6 Å². The third kappa shape index (κ3) is 3.55. The number of hydrogen-bond donors (Lipinski definition) is 2. The number of nitrogens with one attached hydrogen (secondary N) is 2. The second-order valence-electron chi connectivity index (χ2n) is 4.80. The first kappa shape index (κ1) is 14.8. The van der Waals surface area contributed by atoms with Gasteiger partial charge in [0.05, 0.1) is 5.02 Å². The van der Waals surface area contributed by atoms with Gasteiger partial charge in [0.2, 0.25) is 0 Å². The highest BCUT2D eigenvalue weighted by atomic mass is 35.5. The van der Waals surface area contributed by atoms with Crippen molar-refractivity contribution in [2.75, 3.05) is 4.72 Å². The first-order valence-corrected chi connectivity index (χ1v) is 9.23. The van der Waals surface area contributed by atoms with E-state index >= 15 is 0 Å². The number of anilines is 1. The van der Waals surface area contributed by atoms with E-state index in [0.717, 1.165) is 17.7 Å². The number of thiophene rings is 1. The highest BCUT2D eigenvalue weighted by molar-refractivity contribution is 7.93. The highest BCUT2D eigenvalue weighted by Crippen LogP contribution is 2.27. The molecule has 8 heteroatoms. The summed E-state index contributed by atoms with van der Waals surface area (Å²) in [6, 6.07) is 5.37. The average molecular weight is 344 g/mol. The Labute approximate surface area is 132 Å². The minimum Gasteiger partial charge on any atom is -0.309 e. The van der Waals surface area contributed by atoms with E-state index in [9.17, 15) is 8.42 Å². The molecule has 1 fully saturated rings. The van der Waals surface area contributed by atoms with Crippen molar-refractivity contribution in [1.29, 1.82) is 0 Å². The van der Waals surface area contributed by atoms with Crippen LogP contribution in [-0.2, 0) is 16.6 Å². The van der Waals surface area contributed by atoms with E-state index < -0.39 is 10.0 Å². The smallest absolute Gasteiger partial charge is 0.264 e. The van der Waals surface area contributed by atoms with Crippen LogP contribution in [0.5, 0.6) is 0 Å². The van der Waals surface area contributed by atoms with Crippen LogP contribution < -0.4 is 10.0 Å². The topological polar surface area (TPSA) is 71.1 Å². The van der Waals surface area contributed by atoms with Crippen molar-refractivity contribution in [3.63, 3.8) is 0 Å². The second-order valence-corrected chi connectivity index (χ2v) is 7.86. The van der Waals surface area contributed by atoms with Gasteiger partial charge < -0.3 is 5.32 Å². The van der Waals surface area contributed by atoms with Gasteiger partial charge in [-0.15, -0.1) is 11.3 Å². The van der Waals surface area contributed by atoms with E-state index in [2.05, 4.69) is 15.0 Å². The Kier molecular flexibility index (Phi) is 4.17. The second kappa shape index (κ2) is 5.92. The van der Waals surface area contributed by atoms with E-state index in [4.69, 9.17) is 11.6 Å². The molecule has 0 radical (unpaired) electrons. The van der Waals surface area contributed by atoms with E-state index in [1.54, 1.807) is 23.6 Å². The third-order valence-electron chi connectivity index (χ3n) is 3.11. The number of halogens is 1. The number of nitrogens with zero attached hydrogens (tertiary/aromatic N) is 1. The molecule has 0 bridgehead atoms. The van der Waals surface area contributed by atoms with Crippen LogP contribution in [-0.4, -0.2) is 19.4 Å². The maximum Gasteiger partial charge on any atom is 0.264 e. The van der Waals surface area contributed by atoms with Gasteiger partial charge in [0.25, 0.3) is 10.0 Å². The average Bonchev–Trinajstić information content (AvgIpc) is 3.15. The van der Waals surface area contributed by atoms with Crippen LogP contribution in [0.3, 0.4) is 0 Å². The molecule has 0 aliphatic heterocycles. The third-order valence-corrected chi connectivity index (χ3v) is 5.89. The van der Waals surface area contributed by atoms with Crippen LogP contribution in [0.4, 0.5) is 5.82 Å². The van der Waals surface area contributed by atoms with Gasteiger partial charge in [0.1, 0.15) is 4.90 Å². The molecule has 1 aliphatic carbocycles. The molecule has 21 heavy (non-hydrogen) atoms. The molecule has 0 aromatic carbocycles. The summed E-state index contributed by atoms with van der Waals surface area (Å²) in [7, 11) is -3.68. The molecule has 112 valence electrons. The predicted molar refractivity (Wildman–Crippen MR) is 84.2 cm³/mol. The Balaban J connectivity index is 1.81. The van der Waals surface area contributed by atoms with Gasteiger partial charge >= 0.3 is 0 Å². The van der Waals surface area contributed by atoms with Crippen molar-refractivity contribution in [3.8, 4) is 0 Å². The van der Waals surface area contributed by atoms with Gasteiger partial charge in [-0.05, 0) is 36.4 Å². The molecule has 0 amide bonds. The molecule has 2 aromatic rings. The Morgan fingerprint density at radius 2 is 2.19 bits per heavy atom. The van der Waals surface area contributed by atoms with Crippen LogP contribution in [0.15, 0.2) is 34.7 Å². The summed E-state index contributed by atoms with van der Waals surface area (Å²) < 4.78 is 27.4. The van der Waals surface area contributed by atoms with E-state index in [1.165, 1.54) is 17.5 Å². The molecule has 5 nitrogen and oxygen atoms in total. The number of sulfonamides is 1. The van der Waals surface area contributed by atoms with Crippen molar-refractivity contribution >= 4 is 38.8 Å². The summed E-state index contributed by atoms with van der Waals surface area (Å²) in [5.41, 5.74) is 0. The lowest BCUT2D eigenvalue weighted by Crippen LogP contribution is -2.19. The number of rotatable bonds is 6. The quantitative estimate of drug-likeness (QED) is 0.846. The van der Waals surface area contributed by atoms with Gasteiger partial charge in [0, 0.05) is 23.7 Å². The summed E-state index contributed by atoms with van der Waals surface area (Å²) in [5, 5.41) is 5.37. The van der Waals surface area contributed by atoms with Gasteiger partial charge in [0.15, 0.2) is 5.82 Å². The predicted octanol–water partition coefficient (Wildman–Crippen LogP) is 2.85. The fourth-order valence-electron chi connectivity index (χ4n) is 1.86. The Bertz CT molecular complexity index is 741. The van der Waals surface area contributed by atoms with Crippen molar-refractivity contribution in [2.24, 2.45) is 0 Å². The van der Waals surface area contributed by atoms with Crippen molar-refractivity contribution in [1.82, 2.24) is 10.3 Å². The van der Waals surface area contributed by atoms with Crippen molar-refractivity contribution < 1.29 is 8.42 Å². The first-order valence-electron chi connectivity index (χ1n) is 6.49. The van der Waals surface area contributed by atoms with E-state index in [-0.39, 0.29) is 15.7 Å². The molecule has 0 saturated heterocycles. The number of aromatic nitrogens is 1. The summed E-state index contributed by atoms with van der Waals surface area (Å²) in [5.74, 6) is 0.145. The zero-order valence-electron chi connectivity index (χ0n) is 11.0. The summed E-state index contributed by atoms with van der Waals surface area (Å²) in [4.78, 5) is 5.03. The zero-order chi connectivity index (χ0) is 14.9. The molecule has 1 saturated carbocycles. The summed E-state index contributed by atoms with van der Waals surface area (Å²) >= 11 is 7.37. The normalized spacial score (nSPS) is 15.1. The van der Waals surface area contributed by atoms with Gasteiger partial charge in [-0.25, -0.2) is 13.4 Å². The Hall–Kier alpha value is -1.15. The molecule has 0 unspecified atom stereocenters. The zero-order valence-corrected chi connectivity index (χ0v) is 13.4. The largest absolute Gasteiger partial charge is 0.309 e. The van der Waals surface area contributed by atoms with E-state index in [0.29, 0.717) is 12.6 Å². The minimum absolute atomic E-state index is 0.145. The molecule has 1 aliphatic rings. The standard InChI is InChI=1S/C13H14ClN3O2S2/c14-10-2-1-6-15-13(10)17-21(18,19)12-5-7-20-11(12)8-16-9-3-4-9/h1-2,5-7,9,16H,3-4,8H2,(H,15,17). The molecule has 0 spiro atoms. The molecule has 2 heterocycles. The Morgan fingerprint density at radius 3 is 2.90 bits per heavy atom. The lowest BCUT2D eigenvalue weighted by molar-refractivity contribution is 0.598. The van der Waals surface area contributed by atoms with Gasteiger partial charge in [-0.2, -0.15) is 0 Å². The highest BCUT2D eigenvalue weighted by Gasteiger charge is 2.24. The molecular weight excluding hydrogens is 330 g/mol. The molecule has 2 aromatic heterocycles. The van der Waals surface area contributed by atoms with Crippen LogP contribution in [0.2, 0.25) is 5.02 Å². The van der Waals surface area contributed by atoms with Crippen LogP contribution in [0, 0.1) is 0 Å². The summed E-state index contributed by atoms with van der Waals surface area (Å²) in [6.07, 6.45) is 3.82. The van der Waals surface area contributed by atoms with E-state index in [1.807, 2.05) is 0 Å². The SMILES string of the molecule is O=S(=O)(Nc1ncccc1Cl)c1ccsc1CNC1CC1. The molecular formula is C13H14ClN3O2S2. The number of hydrogen-bond acceptors (Lipinski definition) is 5. The fourth-order valence-corrected chi connectivity index (χ4v) is 4.51. The maximum atomic E-state index is 12.5. The monoisotopic (exact) mass is 343 g/mol. The van der Waals surface area contributed by atoms with Gasteiger partial charge in [-0.3, -0.25) is 4.72 Å². The lowest BCUT2D eigenvalue weighted by Gasteiger charge is -2.09. The maximum absolute atomic E-state index is 12.5. The molecule has 2 N–H and O–H groups in total. The Morgan fingerprint density at radius 1 is 1.38 bits per heavy atom. The number of pyridine rings is 1. The lowest BCUT2D eigenvalue weighted by atomic mass is 10.4. The summed E-state index contributed by atoms with van der Waals surface area (Å²) in [6.45, 7) is 0.564. The van der Waals surface area contributed by atoms with Crippen molar-refractivity contribution in [2.45, 2.75) is 30.3 Å². The molecule has 3 rings (SSSR count). The van der Waals surface area contributed by atoms with Crippen LogP contribution >= 0.6 is 22.9 Å². The van der Waals surface area contributed by atoms with Crippen LogP contribution in [0.25, 0.3) is 0 Å². The fraction of sp³-hybridized carbons (Fsp3) is 0.308. The minimum atomic E-state index is -3.68. The first-order chi connectivity index (χ1) is 10.1. The van der Waals surface area contributed by atoms with Crippen LogP contribution in [0.1, 0.15) is 17.7 Å². The van der Waals surface area contributed by atoms with Crippen molar-refractivity contribution in [3.05, 3.63) is 39.7 Å².